The van der Waals surface area contributed by atoms with Crippen molar-refractivity contribution in [2.24, 2.45) is 0 Å². The van der Waals surface area contributed by atoms with E-state index in [4.69, 9.17) is 20.8 Å². The fourth-order valence-electron chi connectivity index (χ4n) is 1.55. The van der Waals surface area contributed by atoms with Gasteiger partial charge in [0.25, 0.3) is 0 Å². The molecule has 0 amide bonds. The summed E-state index contributed by atoms with van der Waals surface area (Å²) in [4.78, 5) is 10.6. The van der Waals surface area contributed by atoms with Crippen LogP contribution >= 0.6 is 11.6 Å². The van der Waals surface area contributed by atoms with E-state index in [1.54, 1.807) is 24.3 Å². The molecule has 0 aliphatic rings. The highest BCUT2D eigenvalue weighted by Gasteiger charge is 2.08. The SMILES string of the molecule is CCCOc1ccc(-c2ccc(C=O)o2)cc1Cl. The van der Waals surface area contributed by atoms with Crippen molar-refractivity contribution in [3.05, 3.63) is 41.1 Å². The van der Waals surface area contributed by atoms with Crippen molar-refractivity contribution in [3.8, 4) is 17.1 Å². The summed E-state index contributed by atoms with van der Waals surface area (Å²) in [5.74, 6) is 1.57. The van der Waals surface area contributed by atoms with E-state index in [2.05, 4.69) is 0 Å². The summed E-state index contributed by atoms with van der Waals surface area (Å²) < 4.78 is 10.8. The molecule has 4 heteroatoms. The summed E-state index contributed by atoms with van der Waals surface area (Å²) in [5.41, 5.74) is 0.817. The first-order chi connectivity index (χ1) is 8.74. The molecule has 94 valence electrons. The van der Waals surface area contributed by atoms with Crippen LogP contribution in [0.5, 0.6) is 5.75 Å². The van der Waals surface area contributed by atoms with E-state index in [0.717, 1.165) is 12.0 Å². The second kappa shape index (κ2) is 5.74. The summed E-state index contributed by atoms with van der Waals surface area (Å²) in [6, 6.07) is 8.78. The van der Waals surface area contributed by atoms with Gasteiger partial charge in [-0.15, -0.1) is 0 Å². The van der Waals surface area contributed by atoms with E-state index < -0.39 is 0 Å². The van der Waals surface area contributed by atoms with Crippen LogP contribution in [0.1, 0.15) is 23.9 Å². The molecule has 0 aliphatic carbocycles. The van der Waals surface area contributed by atoms with E-state index in [1.807, 2.05) is 13.0 Å². The van der Waals surface area contributed by atoms with Crippen LogP contribution in [0.3, 0.4) is 0 Å². The first-order valence-corrected chi connectivity index (χ1v) is 6.10. The molecule has 0 fully saturated rings. The van der Waals surface area contributed by atoms with Crippen LogP contribution in [0.2, 0.25) is 5.02 Å². The lowest BCUT2D eigenvalue weighted by Crippen LogP contribution is -1.95. The highest BCUT2D eigenvalue weighted by atomic mass is 35.5. The van der Waals surface area contributed by atoms with E-state index in [9.17, 15) is 4.79 Å². The van der Waals surface area contributed by atoms with Crippen molar-refractivity contribution in [2.75, 3.05) is 6.61 Å². The number of carbonyl (C=O) groups is 1. The Labute approximate surface area is 110 Å². The number of rotatable bonds is 5. The predicted molar refractivity (Wildman–Crippen MR) is 70.3 cm³/mol. The first-order valence-electron chi connectivity index (χ1n) is 5.72. The van der Waals surface area contributed by atoms with Crippen molar-refractivity contribution in [1.82, 2.24) is 0 Å². The topological polar surface area (TPSA) is 39.4 Å². The molecule has 0 N–H and O–H groups in total. The first kappa shape index (κ1) is 12.7. The second-order valence-electron chi connectivity index (χ2n) is 3.81. The Morgan fingerprint density at radius 2 is 2.17 bits per heavy atom. The third kappa shape index (κ3) is 2.74. The quantitative estimate of drug-likeness (QED) is 0.760. The number of ether oxygens (including phenoxy) is 1. The molecule has 1 aromatic heterocycles. The molecule has 0 radical (unpaired) electrons. The highest BCUT2D eigenvalue weighted by Crippen LogP contribution is 2.31. The maximum Gasteiger partial charge on any atom is 0.185 e. The van der Waals surface area contributed by atoms with Crippen LogP contribution in [-0.4, -0.2) is 12.9 Å². The molecular weight excluding hydrogens is 252 g/mol. The molecule has 2 aromatic rings. The number of benzene rings is 1. The zero-order valence-electron chi connectivity index (χ0n) is 9.98. The number of hydrogen-bond acceptors (Lipinski definition) is 3. The van der Waals surface area contributed by atoms with Gasteiger partial charge in [-0.1, -0.05) is 18.5 Å². The van der Waals surface area contributed by atoms with Gasteiger partial charge in [0, 0.05) is 5.56 Å². The van der Waals surface area contributed by atoms with Gasteiger partial charge in [0.05, 0.1) is 11.6 Å². The van der Waals surface area contributed by atoms with E-state index in [1.165, 1.54) is 0 Å². The van der Waals surface area contributed by atoms with Crippen LogP contribution in [0, 0.1) is 0 Å². The van der Waals surface area contributed by atoms with Gasteiger partial charge in [0.1, 0.15) is 11.5 Å². The molecule has 1 aromatic carbocycles. The van der Waals surface area contributed by atoms with Crippen molar-refractivity contribution in [1.29, 1.82) is 0 Å². The fraction of sp³-hybridized carbons (Fsp3) is 0.214. The van der Waals surface area contributed by atoms with Gasteiger partial charge in [0.2, 0.25) is 0 Å². The Kier molecular flexibility index (Phi) is 4.05. The molecular formula is C14H13ClO3. The smallest absolute Gasteiger partial charge is 0.185 e. The van der Waals surface area contributed by atoms with E-state index >= 15 is 0 Å². The van der Waals surface area contributed by atoms with Crippen molar-refractivity contribution < 1.29 is 13.9 Å². The molecule has 0 spiro atoms. The molecule has 3 nitrogen and oxygen atoms in total. The van der Waals surface area contributed by atoms with Gasteiger partial charge in [-0.2, -0.15) is 0 Å². The Balaban J connectivity index is 2.25. The summed E-state index contributed by atoms with van der Waals surface area (Å²) in [6.45, 7) is 2.67. The molecule has 2 rings (SSSR count). The molecule has 0 saturated heterocycles. The van der Waals surface area contributed by atoms with Crippen LogP contribution in [0.4, 0.5) is 0 Å². The summed E-state index contributed by atoms with van der Waals surface area (Å²) >= 11 is 6.12. The summed E-state index contributed by atoms with van der Waals surface area (Å²) in [5, 5.41) is 0.532. The number of halogens is 1. The Morgan fingerprint density at radius 1 is 1.33 bits per heavy atom. The fourth-order valence-corrected chi connectivity index (χ4v) is 1.79. The molecule has 0 saturated carbocycles. The molecule has 0 unspecified atom stereocenters. The Morgan fingerprint density at radius 3 is 2.78 bits per heavy atom. The molecule has 18 heavy (non-hydrogen) atoms. The monoisotopic (exact) mass is 264 g/mol. The van der Waals surface area contributed by atoms with Gasteiger partial charge >= 0.3 is 0 Å². The summed E-state index contributed by atoms with van der Waals surface area (Å²) in [7, 11) is 0. The number of hydrogen-bond donors (Lipinski definition) is 0. The van der Waals surface area contributed by atoms with Crippen LogP contribution in [0.25, 0.3) is 11.3 Å². The Bertz CT molecular complexity index is 546. The molecule has 0 aliphatic heterocycles. The van der Waals surface area contributed by atoms with Gasteiger partial charge in [-0.3, -0.25) is 4.79 Å². The van der Waals surface area contributed by atoms with Gasteiger partial charge in [0.15, 0.2) is 12.0 Å². The number of aldehydes is 1. The lowest BCUT2D eigenvalue weighted by molar-refractivity contribution is 0.110. The number of furan rings is 1. The highest BCUT2D eigenvalue weighted by molar-refractivity contribution is 6.32. The normalized spacial score (nSPS) is 10.3. The van der Waals surface area contributed by atoms with E-state index in [0.29, 0.717) is 35.2 Å². The minimum atomic E-state index is 0.299. The molecule has 0 bridgehead atoms. The molecule has 1 heterocycles. The second-order valence-corrected chi connectivity index (χ2v) is 4.22. The van der Waals surface area contributed by atoms with Gasteiger partial charge in [-0.25, -0.2) is 0 Å². The van der Waals surface area contributed by atoms with Crippen LogP contribution < -0.4 is 4.74 Å². The third-order valence-corrected chi connectivity index (χ3v) is 2.72. The zero-order chi connectivity index (χ0) is 13.0. The maximum absolute atomic E-state index is 10.6. The average molecular weight is 265 g/mol. The standard InChI is InChI=1S/C14H13ClO3/c1-2-7-17-14-5-3-10(8-12(14)15)13-6-4-11(9-16)18-13/h3-6,8-9H,2,7H2,1H3. The predicted octanol–water partition coefficient (Wildman–Crippen LogP) is 4.20. The Hall–Kier alpha value is -1.74. The van der Waals surface area contributed by atoms with Crippen molar-refractivity contribution >= 4 is 17.9 Å². The largest absolute Gasteiger partial charge is 0.492 e. The maximum atomic E-state index is 10.6. The van der Waals surface area contributed by atoms with Crippen LogP contribution in [-0.2, 0) is 0 Å². The minimum absolute atomic E-state index is 0.299. The molecule has 0 atom stereocenters. The lowest BCUT2D eigenvalue weighted by Gasteiger charge is -2.07. The third-order valence-electron chi connectivity index (χ3n) is 2.42. The van der Waals surface area contributed by atoms with Gasteiger partial charge in [-0.05, 0) is 36.8 Å². The van der Waals surface area contributed by atoms with Gasteiger partial charge < -0.3 is 9.15 Å². The van der Waals surface area contributed by atoms with E-state index in [-0.39, 0.29) is 0 Å². The van der Waals surface area contributed by atoms with Crippen molar-refractivity contribution in [2.45, 2.75) is 13.3 Å². The minimum Gasteiger partial charge on any atom is -0.492 e. The lowest BCUT2D eigenvalue weighted by atomic mass is 10.1. The van der Waals surface area contributed by atoms with Crippen molar-refractivity contribution in [3.63, 3.8) is 0 Å². The summed E-state index contributed by atoms with van der Waals surface area (Å²) in [6.07, 6.45) is 1.60. The number of carbonyl (C=O) groups excluding carboxylic acids is 1. The zero-order valence-corrected chi connectivity index (χ0v) is 10.7. The average Bonchev–Trinajstić information content (AvgIpc) is 2.86. The van der Waals surface area contributed by atoms with Crippen LogP contribution in [0.15, 0.2) is 34.7 Å².